The molecule has 2 aromatic rings. The number of likely N-dealkylation sites (N-methyl/N-ethyl adjacent to an activating group) is 1. The summed E-state index contributed by atoms with van der Waals surface area (Å²) in [6.07, 6.45) is 1.92. The minimum Gasteiger partial charge on any atom is -0.493 e. The Bertz CT molecular complexity index is 795. The molecule has 0 aromatic heterocycles. The second-order valence-corrected chi connectivity index (χ2v) is 5.47. The summed E-state index contributed by atoms with van der Waals surface area (Å²) in [4.78, 5) is 14.5. The van der Waals surface area contributed by atoms with E-state index in [9.17, 15) is 4.79 Å². The largest absolute Gasteiger partial charge is 0.493 e. The van der Waals surface area contributed by atoms with E-state index in [1.54, 1.807) is 12.0 Å². The van der Waals surface area contributed by atoms with Crippen LogP contribution in [0.25, 0.3) is 11.6 Å². The van der Waals surface area contributed by atoms with Gasteiger partial charge < -0.3 is 14.4 Å². The first-order valence-corrected chi connectivity index (χ1v) is 8.13. The van der Waals surface area contributed by atoms with Gasteiger partial charge in [0.2, 0.25) is 0 Å². The minimum absolute atomic E-state index is 0.0347. The number of benzene rings is 2. The summed E-state index contributed by atoms with van der Waals surface area (Å²) in [5.41, 5.74) is 3.56. The molecular formula is C20H21NO3. The summed E-state index contributed by atoms with van der Waals surface area (Å²) in [6.45, 7) is 5.13. The molecule has 0 N–H and O–H groups in total. The van der Waals surface area contributed by atoms with Gasteiger partial charge in [0, 0.05) is 17.7 Å². The highest BCUT2D eigenvalue weighted by Gasteiger charge is 2.30. The molecule has 4 heteroatoms. The molecule has 0 atom stereocenters. The van der Waals surface area contributed by atoms with Crippen LogP contribution in [0, 0.1) is 0 Å². The van der Waals surface area contributed by atoms with E-state index in [2.05, 4.69) is 0 Å². The van der Waals surface area contributed by atoms with E-state index in [-0.39, 0.29) is 5.91 Å². The highest BCUT2D eigenvalue weighted by molar-refractivity contribution is 6.35. The van der Waals surface area contributed by atoms with Crippen molar-refractivity contribution in [3.63, 3.8) is 0 Å². The Hall–Kier alpha value is -2.75. The number of methoxy groups -OCH3 is 1. The Kier molecular flexibility index (Phi) is 4.56. The van der Waals surface area contributed by atoms with Crippen LogP contribution in [0.5, 0.6) is 11.5 Å². The maximum Gasteiger partial charge on any atom is 0.258 e. The van der Waals surface area contributed by atoms with Crippen molar-refractivity contribution in [1.29, 1.82) is 0 Å². The van der Waals surface area contributed by atoms with Crippen molar-refractivity contribution in [1.82, 2.24) is 0 Å². The van der Waals surface area contributed by atoms with Gasteiger partial charge in [0.25, 0.3) is 5.91 Å². The van der Waals surface area contributed by atoms with Crippen LogP contribution in [-0.4, -0.2) is 26.2 Å². The zero-order valence-electron chi connectivity index (χ0n) is 14.2. The minimum atomic E-state index is 0.0347. The first-order chi connectivity index (χ1) is 11.7. The van der Waals surface area contributed by atoms with E-state index in [4.69, 9.17) is 9.47 Å². The fourth-order valence-electron chi connectivity index (χ4n) is 2.98. The third-order valence-corrected chi connectivity index (χ3v) is 4.08. The molecule has 0 fully saturated rings. The third-order valence-electron chi connectivity index (χ3n) is 4.08. The van der Waals surface area contributed by atoms with E-state index < -0.39 is 0 Å². The molecule has 124 valence electrons. The Morgan fingerprint density at radius 3 is 2.58 bits per heavy atom. The fraction of sp³-hybridized carbons (Fsp3) is 0.250. The Morgan fingerprint density at radius 1 is 1.08 bits per heavy atom. The molecule has 0 unspecified atom stereocenters. The molecule has 1 heterocycles. The van der Waals surface area contributed by atoms with Gasteiger partial charge >= 0.3 is 0 Å². The predicted molar refractivity (Wildman–Crippen MR) is 96.5 cm³/mol. The lowest BCUT2D eigenvalue weighted by molar-refractivity contribution is -0.112. The lowest BCUT2D eigenvalue weighted by Crippen LogP contribution is -2.25. The van der Waals surface area contributed by atoms with Crippen LogP contribution in [-0.2, 0) is 4.79 Å². The highest BCUT2D eigenvalue weighted by Crippen LogP contribution is 2.38. The zero-order chi connectivity index (χ0) is 17.1. The van der Waals surface area contributed by atoms with Gasteiger partial charge in [-0.3, -0.25) is 4.79 Å². The van der Waals surface area contributed by atoms with E-state index in [0.717, 1.165) is 16.8 Å². The maximum absolute atomic E-state index is 12.7. The molecule has 1 aliphatic rings. The molecular weight excluding hydrogens is 302 g/mol. The normalized spacial score (nSPS) is 14.9. The van der Waals surface area contributed by atoms with Crippen LogP contribution in [0.2, 0.25) is 0 Å². The third kappa shape index (κ3) is 2.75. The number of amides is 1. The highest BCUT2D eigenvalue weighted by atomic mass is 16.5. The Balaban J connectivity index is 2.05. The van der Waals surface area contributed by atoms with Crippen molar-refractivity contribution in [2.45, 2.75) is 13.8 Å². The average molecular weight is 323 g/mol. The predicted octanol–water partition coefficient (Wildman–Crippen LogP) is 4.00. The Morgan fingerprint density at radius 2 is 1.88 bits per heavy atom. The van der Waals surface area contributed by atoms with Crippen molar-refractivity contribution < 1.29 is 14.3 Å². The molecule has 1 aliphatic heterocycles. The maximum atomic E-state index is 12.7. The summed E-state index contributed by atoms with van der Waals surface area (Å²) >= 11 is 0. The van der Waals surface area contributed by atoms with Crippen LogP contribution < -0.4 is 14.4 Å². The number of para-hydroxylation sites is 1. The molecule has 0 bridgehead atoms. The number of carbonyl (C=O) groups excluding carboxylic acids is 1. The molecule has 24 heavy (non-hydrogen) atoms. The number of fused-ring (bicyclic) bond motifs is 1. The van der Waals surface area contributed by atoms with Crippen molar-refractivity contribution in [3.05, 3.63) is 53.6 Å². The van der Waals surface area contributed by atoms with E-state index in [1.807, 2.05) is 62.4 Å². The molecule has 0 radical (unpaired) electrons. The average Bonchev–Trinajstić information content (AvgIpc) is 2.87. The Labute approximate surface area is 142 Å². The van der Waals surface area contributed by atoms with Crippen molar-refractivity contribution in [3.8, 4) is 11.5 Å². The molecule has 1 amide bonds. The van der Waals surface area contributed by atoms with Gasteiger partial charge in [-0.2, -0.15) is 0 Å². The van der Waals surface area contributed by atoms with Crippen LogP contribution in [0.1, 0.15) is 25.0 Å². The summed E-state index contributed by atoms with van der Waals surface area (Å²) in [5.74, 6) is 1.40. The SMILES string of the molecule is CCOc1cc(/C=C2/C(=O)N(CC)c3ccccc32)ccc1OC. The van der Waals surface area contributed by atoms with Gasteiger partial charge in [-0.05, 0) is 43.7 Å². The molecule has 0 saturated carbocycles. The number of rotatable bonds is 5. The topological polar surface area (TPSA) is 38.8 Å². The number of anilines is 1. The molecule has 0 spiro atoms. The monoisotopic (exact) mass is 323 g/mol. The second-order valence-electron chi connectivity index (χ2n) is 5.47. The van der Waals surface area contributed by atoms with Gasteiger partial charge in [-0.1, -0.05) is 24.3 Å². The second kappa shape index (κ2) is 6.79. The number of hydrogen-bond acceptors (Lipinski definition) is 3. The summed E-state index contributed by atoms with van der Waals surface area (Å²) in [5, 5.41) is 0. The smallest absolute Gasteiger partial charge is 0.258 e. The number of carbonyl (C=O) groups is 1. The number of ether oxygens (including phenoxy) is 2. The summed E-state index contributed by atoms with van der Waals surface area (Å²) in [6, 6.07) is 13.6. The van der Waals surface area contributed by atoms with Crippen LogP contribution in [0.3, 0.4) is 0 Å². The van der Waals surface area contributed by atoms with Gasteiger partial charge in [0.05, 0.1) is 19.4 Å². The molecule has 0 saturated heterocycles. The lowest BCUT2D eigenvalue weighted by Gasteiger charge is -2.13. The zero-order valence-corrected chi connectivity index (χ0v) is 14.2. The molecule has 4 nitrogen and oxygen atoms in total. The fourth-order valence-corrected chi connectivity index (χ4v) is 2.98. The van der Waals surface area contributed by atoms with Crippen LogP contribution >= 0.6 is 0 Å². The summed E-state index contributed by atoms with van der Waals surface area (Å²) in [7, 11) is 1.62. The molecule has 2 aromatic carbocycles. The first-order valence-electron chi connectivity index (χ1n) is 8.13. The number of hydrogen-bond donors (Lipinski definition) is 0. The van der Waals surface area contributed by atoms with Crippen LogP contribution in [0.4, 0.5) is 5.69 Å². The van der Waals surface area contributed by atoms with Gasteiger partial charge in [0.1, 0.15) is 0 Å². The first kappa shape index (κ1) is 16.1. The molecule has 0 aliphatic carbocycles. The quantitative estimate of drug-likeness (QED) is 0.781. The van der Waals surface area contributed by atoms with Gasteiger partial charge in [-0.25, -0.2) is 0 Å². The van der Waals surface area contributed by atoms with Crippen molar-refractivity contribution in [2.24, 2.45) is 0 Å². The summed E-state index contributed by atoms with van der Waals surface area (Å²) < 4.78 is 10.9. The molecule has 3 rings (SSSR count). The van der Waals surface area contributed by atoms with E-state index in [0.29, 0.717) is 30.2 Å². The van der Waals surface area contributed by atoms with Crippen molar-refractivity contribution in [2.75, 3.05) is 25.2 Å². The standard InChI is InChI=1S/C20H21NO3/c1-4-21-17-9-7-6-8-15(17)16(20(21)22)12-14-10-11-18(23-3)19(13-14)24-5-2/h6-13H,4-5H2,1-3H3/b16-12+. The van der Waals surface area contributed by atoms with Gasteiger partial charge in [0.15, 0.2) is 11.5 Å². The van der Waals surface area contributed by atoms with E-state index >= 15 is 0 Å². The van der Waals surface area contributed by atoms with E-state index in [1.165, 1.54) is 0 Å². The lowest BCUT2D eigenvalue weighted by atomic mass is 10.0. The number of nitrogens with zero attached hydrogens (tertiary/aromatic N) is 1. The van der Waals surface area contributed by atoms with Gasteiger partial charge in [-0.15, -0.1) is 0 Å². The van der Waals surface area contributed by atoms with Crippen LogP contribution in [0.15, 0.2) is 42.5 Å². The van der Waals surface area contributed by atoms with Crippen molar-refractivity contribution >= 4 is 23.2 Å².